The van der Waals surface area contributed by atoms with Crippen molar-refractivity contribution in [3.63, 3.8) is 0 Å². The Morgan fingerprint density at radius 3 is 2.57 bits per heavy atom. The first-order chi connectivity index (χ1) is 6.52. The summed E-state index contributed by atoms with van der Waals surface area (Å²) in [6, 6.07) is 3.10. The van der Waals surface area contributed by atoms with Gasteiger partial charge in [-0.05, 0) is 12.1 Å². The molecular formula is C9H10F2N2O. The molecule has 76 valence electrons. The molecule has 0 heterocycles. The minimum absolute atomic E-state index is 0.163. The average Bonchev–Trinajstić information content (AvgIpc) is 2.12. The highest BCUT2D eigenvalue weighted by molar-refractivity contribution is 5.89. The van der Waals surface area contributed by atoms with Gasteiger partial charge in [-0.2, -0.15) is 0 Å². The second-order valence-electron chi connectivity index (χ2n) is 2.93. The number of nitrogens with zero attached hydrogens (tertiary/aromatic N) is 1. The van der Waals surface area contributed by atoms with Crippen molar-refractivity contribution < 1.29 is 13.6 Å². The van der Waals surface area contributed by atoms with Gasteiger partial charge >= 0.3 is 6.03 Å². The lowest BCUT2D eigenvalue weighted by Crippen LogP contribution is -2.27. The number of carbonyl (C=O) groups excluding carboxylic acids is 1. The summed E-state index contributed by atoms with van der Waals surface area (Å²) in [5.74, 6) is -2.04. The van der Waals surface area contributed by atoms with Crippen LogP contribution >= 0.6 is 0 Å². The highest BCUT2D eigenvalue weighted by Gasteiger charge is 2.10. The van der Waals surface area contributed by atoms with Crippen molar-refractivity contribution in [2.75, 3.05) is 19.4 Å². The summed E-state index contributed by atoms with van der Waals surface area (Å²) < 4.78 is 25.7. The lowest BCUT2D eigenvalue weighted by Gasteiger charge is -2.12. The van der Waals surface area contributed by atoms with Crippen LogP contribution in [0.5, 0.6) is 0 Å². The van der Waals surface area contributed by atoms with E-state index in [0.717, 1.165) is 6.07 Å². The highest BCUT2D eigenvalue weighted by atomic mass is 19.2. The van der Waals surface area contributed by atoms with Gasteiger partial charge in [-0.25, -0.2) is 13.6 Å². The number of rotatable bonds is 1. The van der Waals surface area contributed by atoms with Crippen LogP contribution in [-0.2, 0) is 0 Å². The fourth-order valence-corrected chi connectivity index (χ4v) is 0.827. The average molecular weight is 200 g/mol. The summed E-state index contributed by atoms with van der Waals surface area (Å²) in [7, 11) is 3.01. The molecule has 2 amide bonds. The summed E-state index contributed by atoms with van der Waals surface area (Å²) in [6.07, 6.45) is 0. The van der Waals surface area contributed by atoms with Crippen LogP contribution in [-0.4, -0.2) is 25.0 Å². The third-order valence-corrected chi connectivity index (χ3v) is 1.60. The van der Waals surface area contributed by atoms with Crippen molar-refractivity contribution in [2.24, 2.45) is 0 Å². The predicted molar refractivity (Wildman–Crippen MR) is 49.1 cm³/mol. The summed E-state index contributed by atoms with van der Waals surface area (Å²) >= 11 is 0. The topological polar surface area (TPSA) is 32.3 Å². The van der Waals surface area contributed by atoms with Gasteiger partial charge in [-0.15, -0.1) is 0 Å². The minimum atomic E-state index is -1.05. The molecule has 14 heavy (non-hydrogen) atoms. The first-order valence-electron chi connectivity index (χ1n) is 3.94. The van der Waals surface area contributed by atoms with Crippen LogP contribution in [0.4, 0.5) is 19.3 Å². The van der Waals surface area contributed by atoms with E-state index in [1.54, 1.807) is 0 Å². The van der Waals surface area contributed by atoms with Crippen LogP contribution in [0.2, 0.25) is 0 Å². The minimum Gasteiger partial charge on any atom is -0.331 e. The number of anilines is 1. The molecule has 1 N–H and O–H groups in total. The number of carbonyl (C=O) groups is 1. The molecule has 0 saturated carbocycles. The standard InChI is InChI=1S/C9H10F2N2O/c1-13(2)9(14)12-7-5-3-4-6(10)8(7)11/h3-5H,1-2H3,(H,12,14). The van der Waals surface area contributed by atoms with Gasteiger partial charge < -0.3 is 10.2 Å². The Morgan fingerprint density at radius 1 is 1.36 bits per heavy atom. The number of nitrogens with one attached hydrogen (secondary N) is 1. The lowest BCUT2D eigenvalue weighted by molar-refractivity contribution is 0.230. The first-order valence-corrected chi connectivity index (χ1v) is 3.94. The molecular weight excluding hydrogens is 190 g/mol. The molecule has 0 aliphatic rings. The number of hydrogen-bond acceptors (Lipinski definition) is 1. The van der Waals surface area contributed by atoms with Crippen molar-refractivity contribution in [3.8, 4) is 0 Å². The summed E-state index contributed by atoms with van der Waals surface area (Å²) in [5, 5.41) is 2.22. The Balaban J connectivity index is 2.87. The molecule has 0 radical (unpaired) electrons. The molecule has 0 saturated heterocycles. The van der Waals surface area contributed by atoms with E-state index in [1.807, 2.05) is 0 Å². The Hall–Kier alpha value is -1.65. The zero-order valence-corrected chi connectivity index (χ0v) is 7.84. The maximum absolute atomic E-state index is 13.0. The van der Waals surface area contributed by atoms with E-state index in [2.05, 4.69) is 5.32 Å². The summed E-state index contributed by atoms with van der Waals surface area (Å²) in [5.41, 5.74) is -0.163. The fraction of sp³-hybridized carbons (Fsp3) is 0.222. The second kappa shape index (κ2) is 4.04. The molecule has 0 fully saturated rings. The van der Waals surface area contributed by atoms with E-state index in [1.165, 1.54) is 31.1 Å². The van der Waals surface area contributed by atoms with Crippen molar-refractivity contribution in [2.45, 2.75) is 0 Å². The van der Waals surface area contributed by atoms with Crippen LogP contribution in [0.15, 0.2) is 18.2 Å². The number of benzene rings is 1. The predicted octanol–water partition coefficient (Wildman–Crippen LogP) is 2.06. The van der Waals surface area contributed by atoms with Crippen LogP contribution in [0.3, 0.4) is 0 Å². The third-order valence-electron chi connectivity index (χ3n) is 1.60. The molecule has 1 aromatic rings. The van der Waals surface area contributed by atoms with Crippen molar-refractivity contribution in [3.05, 3.63) is 29.8 Å². The maximum Gasteiger partial charge on any atom is 0.321 e. The van der Waals surface area contributed by atoms with E-state index < -0.39 is 17.7 Å². The molecule has 0 aliphatic heterocycles. The van der Waals surface area contributed by atoms with E-state index in [0.29, 0.717) is 0 Å². The molecule has 0 spiro atoms. The Bertz CT molecular complexity index is 353. The van der Waals surface area contributed by atoms with Crippen LogP contribution < -0.4 is 5.32 Å². The summed E-state index contributed by atoms with van der Waals surface area (Å²) in [6.45, 7) is 0. The Kier molecular flexibility index (Phi) is 3.01. The van der Waals surface area contributed by atoms with Crippen molar-refractivity contribution >= 4 is 11.7 Å². The number of halogens is 2. The van der Waals surface area contributed by atoms with Gasteiger partial charge in [0.05, 0.1) is 5.69 Å². The van der Waals surface area contributed by atoms with E-state index >= 15 is 0 Å². The SMILES string of the molecule is CN(C)C(=O)Nc1cccc(F)c1F. The van der Waals surface area contributed by atoms with Crippen molar-refractivity contribution in [1.82, 2.24) is 4.90 Å². The van der Waals surface area contributed by atoms with Crippen LogP contribution in [0.1, 0.15) is 0 Å². The highest BCUT2D eigenvalue weighted by Crippen LogP contribution is 2.16. The van der Waals surface area contributed by atoms with E-state index in [9.17, 15) is 13.6 Å². The van der Waals surface area contributed by atoms with Gasteiger partial charge in [0.2, 0.25) is 0 Å². The third kappa shape index (κ3) is 2.18. The first kappa shape index (κ1) is 10.4. The maximum atomic E-state index is 13.0. The molecule has 5 heteroatoms. The van der Waals surface area contributed by atoms with Gasteiger partial charge in [-0.1, -0.05) is 6.07 Å². The van der Waals surface area contributed by atoms with Gasteiger partial charge in [0, 0.05) is 14.1 Å². The van der Waals surface area contributed by atoms with Gasteiger partial charge in [0.15, 0.2) is 11.6 Å². The second-order valence-corrected chi connectivity index (χ2v) is 2.93. The molecule has 1 rings (SSSR count). The van der Waals surface area contributed by atoms with Crippen LogP contribution in [0.25, 0.3) is 0 Å². The quantitative estimate of drug-likeness (QED) is 0.739. The molecule has 0 atom stereocenters. The fourth-order valence-electron chi connectivity index (χ4n) is 0.827. The zero-order chi connectivity index (χ0) is 10.7. The number of hydrogen-bond donors (Lipinski definition) is 1. The van der Waals surface area contributed by atoms with Gasteiger partial charge in [0.1, 0.15) is 0 Å². The smallest absolute Gasteiger partial charge is 0.321 e. The van der Waals surface area contributed by atoms with Gasteiger partial charge in [-0.3, -0.25) is 0 Å². The monoisotopic (exact) mass is 200 g/mol. The normalized spacial score (nSPS) is 9.71. The molecule has 0 aromatic heterocycles. The van der Waals surface area contributed by atoms with E-state index in [4.69, 9.17) is 0 Å². The lowest BCUT2D eigenvalue weighted by atomic mass is 10.3. The number of amides is 2. The number of urea groups is 1. The molecule has 0 bridgehead atoms. The van der Waals surface area contributed by atoms with Gasteiger partial charge in [0.25, 0.3) is 0 Å². The molecule has 3 nitrogen and oxygen atoms in total. The largest absolute Gasteiger partial charge is 0.331 e. The molecule has 0 unspecified atom stereocenters. The molecule has 1 aromatic carbocycles. The summed E-state index contributed by atoms with van der Waals surface area (Å²) in [4.78, 5) is 12.3. The molecule has 0 aliphatic carbocycles. The Morgan fingerprint density at radius 2 is 2.00 bits per heavy atom. The van der Waals surface area contributed by atoms with Crippen molar-refractivity contribution in [1.29, 1.82) is 0 Å². The van der Waals surface area contributed by atoms with E-state index in [-0.39, 0.29) is 5.69 Å². The van der Waals surface area contributed by atoms with Crippen LogP contribution in [0, 0.1) is 11.6 Å². The Labute approximate surface area is 80.3 Å². The zero-order valence-electron chi connectivity index (χ0n) is 7.84.